The Bertz CT molecular complexity index is 1210. The summed E-state index contributed by atoms with van der Waals surface area (Å²) >= 11 is 0. The Kier molecular flexibility index (Phi) is 8.03. The van der Waals surface area contributed by atoms with Crippen molar-refractivity contribution in [1.29, 1.82) is 0 Å². The maximum absolute atomic E-state index is 14.0. The van der Waals surface area contributed by atoms with Crippen LogP contribution in [0.2, 0.25) is 0 Å². The fraction of sp³-hybridized carbons (Fsp3) is 0.300. The molecule has 1 unspecified atom stereocenters. The topological polar surface area (TPSA) is 46.1 Å². The number of unbranched alkanes of at least 4 members (excludes halogenated alkanes) is 4. The minimum absolute atomic E-state index is 0.00000706. The summed E-state index contributed by atoms with van der Waals surface area (Å²) < 4.78 is 0. The molecule has 174 valence electrons. The van der Waals surface area contributed by atoms with E-state index in [0.29, 0.717) is 5.56 Å². The lowest BCUT2D eigenvalue weighted by atomic mass is 9.97. The standard InChI is InChI=1S/C30H33N3O/c1-3-4-5-6-13-18-29(24-16-11-8-12-17-24)33(2)30(34)25-21-28(23-14-9-7-10-15-23)32-27-19-20-31-22-26(25)27/h7-12,14-17,19-22,29H,3-6,13,18H2,1-2H3. The molecule has 2 heterocycles. The second kappa shape index (κ2) is 11.6. The molecule has 2 aromatic heterocycles. The van der Waals surface area contributed by atoms with E-state index in [1.165, 1.54) is 31.2 Å². The molecule has 4 nitrogen and oxygen atoms in total. The number of benzene rings is 2. The average molecular weight is 452 g/mol. The highest BCUT2D eigenvalue weighted by Crippen LogP contribution is 2.30. The molecule has 0 bridgehead atoms. The Hall–Kier alpha value is -3.53. The van der Waals surface area contributed by atoms with Crippen molar-refractivity contribution < 1.29 is 4.79 Å². The van der Waals surface area contributed by atoms with Crippen molar-refractivity contribution in [3.8, 4) is 11.3 Å². The predicted octanol–water partition coefficient (Wildman–Crippen LogP) is 7.47. The first-order valence-corrected chi connectivity index (χ1v) is 12.3. The largest absolute Gasteiger partial charge is 0.335 e. The minimum Gasteiger partial charge on any atom is -0.335 e. The van der Waals surface area contributed by atoms with Crippen LogP contribution in [0.1, 0.15) is 67.4 Å². The van der Waals surface area contributed by atoms with Gasteiger partial charge in [0.1, 0.15) is 0 Å². The first kappa shape index (κ1) is 23.6. The zero-order chi connectivity index (χ0) is 23.8. The van der Waals surface area contributed by atoms with Gasteiger partial charge in [0.2, 0.25) is 0 Å². The maximum atomic E-state index is 14.0. The van der Waals surface area contributed by atoms with Crippen LogP contribution < -0.4 is 0 Å². The van der Waals surface area contributed by atoms with Gasteiger partial charge in [-0.1, -0.05) is 99.7 Å². The lowest BCUT2D eigenvalue weighted by Crippen LogP contribution is -2.31. The van der Waals surface area contributed by atoms with Gasteiger partial charge in [-0.05, 0) is 24.1 Å². The number of pyridine rings is 2. The zero-order valence-electron chi connectivity index (χ0n) is 20.2. The number of hydrogen-bond acceptors (Lipinski definition) is 3. The molecule has 0 saturated carbocycles. The SMILES string of the molecule is CCCCCCCC(c1ccccc1)N(C)C(=O)c1cc(-c2ccccc2)nc2ccncc12. The van der Waals surface area contributed by atoms with Gasteiger partial charge >= 0.3 is 0 Å². The van der Waals surface area contributed by atoms with Crippen molar-refractivity contribution in [2.75, 3.05) is 7.05 Å². The number of nitrogens with zero attached hydrogens (tertiary/aromatic N) is 3. The number of fused-ring (bicyclic) bond motifs is 1. The van der Waals surface area contributed by atoms with Crippen LogP contribution in [0.4, 0.5) is 0 Å². The van der Waals surface area contributed by atoms with Gasteiger partial charge in [-0.2, -0.15) is 0 Å². The smallest absolute Gasteiger partial charge is 0.254 e. The Morgan fingerprint density at radius 3 is 2.35 bits per heavy atom. The minimum atomic E-state index is -0.00000706. The molecule has 0 spiro atoms. The zero-order valence-corrected chi connectivity index (χ0v) is 20.2. The van der Waals surface area contributed by atoms with Gasteiger partial charge in [-0.25, -0.2) is 4.98 Å². The van der Waals surface area contributed by atoms with E-state index in [1.54, 1.807) is 12.4 Å². The highest BCUT2D eigenvalue weighted by Gasteiger charge is 2.25. The molecule has 0 saturated heterocycles. The Morgan fingerprint density at radius 1 is 0.912 bits per heavy atom. The molecule has 0 N–H and O–H groups in total. The lowest BCUT2D eigenvalue weighted by molar-refractivity contribution is 0.0722. The summed E-state index contributed by atoms with van der Waals surface area (Å²) in [5, 5.41) is 0.786. The summed E-state index contributed by atoms with van der Waals surface area (Å²) in [6.07, 6.45) is 10.5. The highest BCUT2D eigenvalue weighted by molar-refractivity contribution is 6.07. The summed E-state index contributed by atoms with van der Waals surface area (Å²) in [7, 11) is 1.93. The number of rotatable bonds is 10. The number of carbonyl (C=O) groups excluding carboxylic acids is 1. The molecule has 1 amide bonds. The Balaban J connectivity index is 1.68. The molecule has 0 radical (unpaired) electrons. The van der Waals surface area contributed by atoms with Crippen molar-refractivity contribution in [2.45, 2.75) is 51.5 Å². The molecule has 4 heteroatoms. The lowest BCUT2D eigenvalue weighted by Gasteiger charge is -2.29. The molecule has 0 aliphatic heterocycles. The summed E-state index contributed by atoms with van der Waals surface area (Å²) in [4.78, 5) is 25.0. The summed E-state index contributed by atoms with van der Waals surface area (Å²) in [6.45, 7) is 2.23. The normalized spacial score (nSPS) is 11.9. The second-order valence-corrected chi connectivity index (χ2v) is 8.86. The summed E-state index contributed by atoms with van der Waals surface area (Å²) in [6, 6.07) is 24.2. The van der Waals surface area contributed by atoms with Gasteiger partial charge in [0.05, 0.1) is 22.8 Å². The molecular formula is C30H33N3O. The molecule has 0 aliphatic carbocycles. The van der Waals surface area contributed by atoms with Crippen molar-refractivity contribution >= 4 is 16.8 Å². The van der Waals surface area contributed by atoms with Crippen LogP contribution in [0.15, 0.2) is 85.2 Å². The van der Waals surface area contributed by atoms with E-state index < -0.39 is 0 Å². The first-order valence-electron chi connectivity index (χ1n) is 12.3. The van der Waals surface area contributed by atoms with Crippen LogP contribution in [0.3, 0.4) is 0 Å². The molecular weight excluding hydrogens is 418 g/mol. The summed E-state index contributed by atoms with van der Waals surface area (Å²) in [5.41, 5.74) is 4.39. The maximum Gasteiger partial charge on any atom is 0.254 e. The number of amides is 1. The number of aromatic nitrogens is 2. The first-order chi connectivity index (χ1) is 16.7. The fourth-order valence-electron chi connectivity index (χ4n) is 4.53. The molecule has 4 aromatic rings. The third-order valence-corrected chi connectivity index (χ3v) is 6.46. The van der Waals surface area contributed by atoms with E-state index in [2.05, 4.69) is 36.2 Å². The van der Waals surface area contributed by atoms with Crippen LogP contribution in [-0.4, -0.2) is 27.8 Å². The fourth-order valence-corrected chi connectivity index (χ4v) is 4.53. The van der Waals surface area contributed by atoms with Gasteiger partial charge in [0, 0.05) is 30.4 Å². The predicted molar refractivity (Wildman–Crippen MR) is 140 cm³/mol. The monoisotopic (exact) mass is 451 g/mol. The Morgan fingerprint density at radius 2 is 1.62 bits per heavy atom. The van der Waals surface area contributed by atoms with Crippen molar-refractivity contribution in [2.24, 2.45) is 0 Å². The summed E-state index contributed by atoms with van der Waals surface area (Å²) in [5.74, 6) is -0.00000706. The van der Waals surface area contributed by atoms with Gasteiger partial charge < -0.3 is 4.90 Å². The molecule has 2 aromatic carbocycles. The van der Waals surface area contributed by atoms with Gasteiger partial charge in [-0.3, -0.25) is 9.78 Å². The highest BCUT2D eigenvalue weighted by atomic mass is 16.2. The molecule has 0 aliphatic rings. The van der Waals surface area contributed by atoms with Crippen LogP contribution in [0, 0.1) is 0 Å². The van der Waals surface area contributed by atoms with Gasteiger partial charge in [0.15, 0.2) is 0 Å². The van der Waals surface area contributed by atoms with E-state index in [4.69, 9.17) is 4.98 Å². The van der Waals surface area contributed by atoms with E-state index in [1.807, 2.05) is 60.5 Å². The van der Waals surface area contributed by atoms with E-state index in [9.17, 15) is 4.79 Å². The van der Waals surface area contributed by atoms with E-state index >= 15 is 0 Å². The number of hydrogen-bond donors (Lipinski definition) is 0. The second-order valence-electron chi connectivity index (χ2n) is 8.86. The van der Waals surface area contributed by atoms with E-state index in [-0.39, 0.29) is 11.9 Å². The third-order valence-electron chi connectivity index (χ3n) is 6.46. The van der Waals surface area contributed by atoms with Crippen molar-refractivity contribution in [3.05, 3.63) is 96.3 Å². The van der Waals surface area contributed by atoms with Crippen LogP contribution in [0.25, 0.3) is 22.2 Å². The van der Waals surface area contributed by atoms with Gasteiger partial charge in [-0.15, -0.1) is 0 Å². The van der Waals surface area contributed by atoms with Crippen LogP contribution in [-0.2, 0) is 0 Å². The Labute approximate surface area is 202 Å². The third kappa shape index (κ3) is 5.51. The van der Waals surface area contributed by atoms with E-state index in [0.717, 1.165) is 35.0 Å². The molecule has 4 rings (SSSR count). The van der Waals surface area contributed by atoms with Gasteiger partial charge in [0.25, 0.3) is 5.91 Å². The van der Waals surface area contributed by atoms with Crippen molar-refractivity contribution in [1.82, 2.24) is 14.9 Å². The number of carbonyl (C=O) groups is 1. The molecule has 34 heavy (non-hydrogen) atoms. The average Bonchev–Trinajstić information content (AvgIpc) is 2.90. The van der Waals surface area contributed by atoms with Crippen LogP contribution >= 0.6 is 0 Å². The van der Waals surface area contributed by atoms with Crippen LogP contribution in [0.5, 0.6) is 0 Å². The quantitative estimate of drug-likeness (QED) is 0.235. The molecule has 0 fully saturated rings. The van der Waals surface area contributed by atoms with Crippen molar-refractivity contribution in [3.63, 3.8) is 0 Å². The molecule has 1 atom stereocenters.